The van der Waals surface area contributed by atoms with Crippen LogP contribution < -0.4 is 0 Å². The van der Waals surface area contributed by atoms with Gasteiger partial charge in [0.1, 0.15) is 0 Å². The van der Waals surface area contributed by atoms with Crippen molar-refractivity contribution in [2.24, 2.45) is 0 Å². The number of aromatic nitrogens is 1. The molecule has 0 fully saturated rings. The van der Waals surface area contributed by atoms with Crippen LogP contribution in [-0.4, -0.2) is 10.1 Å². The van der Waals surface area contributed by atoms with E-state index in [0.29, 0.717) is 5.69 Å². The highest BCUT2D eigenvalue weighted by molar-refractivity contribution is 5.81. The maximum Gasteiger partial charge on any atom is 0.0859 e. The Kier molecular flexibility index (Phi) is 4.03. The van der Waals surface area contributed by atoms with Gasteiger partial charge in [-0.25, -0.2) is 0 Å². The first-order valence-electron chi connectivity index (χ1n) is 7.43. The van der Waals surface area contributed by atoms with Gasteiger partial charge in [-0.05, 0) is 47.7 Å². The van der Waals surface area contributed by atoms with Gasteiger partial charge in [0.2, 0.25) is 0 Å². The summed E-state index contributed by atoms with van der Waals surface area (Å²) in [6.45, 7) is 4.22. The van der Waals surface area contributed by atoms with Crippen LogP contribution in [-0.2, 0) is 6.61 Å². The van der Waals surface area contributed by atoms with E-state index < -0.39 is 0 Å². The summed E-state index contributed by atoms with van der Waals surface area (Å²) in [5, 5.41) is 9.55. The van der Waals surface area contributed by atoms with Crippen LogP contribution in [0.25, 0.3) is 22.3 Å². The summed E-state index contributed by atoms with van der Waals surface area (Å²) < 4.78 is 0. The first-order valence-corrected chi connectivity index (χ1v) is 7.43. The highest BCUT2D eigenvalue weighted by Gasteiger charge is 2.13. The van der Waals surface area contributed by atoms with Crippen LogP contribution in [0.15, 0.2) is 60.8 Å². The first-order chi connectivity index (χ1) is 10.7. The lowest BCUT2D eigenvalue weighted by molar-refractivity contribution is 0.277. The summed E-state index contributed by atoms with van der Waals surface area (Å²) in [5.41, 5.74) is 7.78. The van der Waals surface area contributed by atoms with Crippen molar-refractivity contribution in [2.75, 3.05) is 0 Å². The summed E-state index contributed by atoms with van der Waals surface area (Å²) in [6.07, 6.45) is 1.72. The number of aryl methyl sites for hydroxylation is 1. The third-order valence-electron chi connectivity index (χ3n) is 4.07. The summed E-state index contributed by atoms with van der Waals surface area (Å²) in [5.74, 6) is 0. The van der Waals surface area contributed by atoms with Gasteiger partial charge in [0, 0.05) is 11.8 Å². The number of aliphatic hydroxyl groups is 1. The van der Waals surface area contributed by atoms with Crippen molar-refractivity contribution in [1.29, 1.82) is 0 Å². The van der Waals surface area contributed by atoms with Crippen molar-refractivity contribution in [1.82, 2.24) is 4.98 Å². The molecule has 0 unspecified atom stereocenters. The molecule has 3 rings (SSSR count). The molecule has 0 saturated carbocycles. The van der Waals surface area contributed by atoms with Gasteiger partial charge in [0.15, 0.2) is 0 Å². The first kappa shape index (κ1) is 14.5. The molecule has 0 atom stereocenters. The van der Waals surface area contributed by atoms with E-state index >= 15 is 0 Å². The minimum Gasteiger partial charge on any atom is -0.390 e. The molecule has 0 bridgehead atoms. The summed E-state index contributed by atoms with van der Waals surface area (Å²) in [7, 11) is 0. The van der Waals surface area contributed by atoms with Crippen molar-refractivity contribution in [3.8, 4) is 22.3 Å². The topological polar surface area (TPSA) is 33.1 Å². The molecule has 0 saturated heterocycles. The van der Waals surface area contributed by atoms with Gasteiger partial charge in [0.05, 0.1) is 12.3 Å². The quantitative estimate of drug-likeness (QED) is 0.768. The lowest BCUT2D eigenvalue weighted by Crippen LogP contribution is -1.97. The Labute approximate surface area is 131 Å². The van der Waals surface area contributed by atoms with Gasteiger partial charge in [0.25, 0.3) is 0 Å². The maximum absolute atomic E-state index is 9.55. The average Bonchev–Trinajstić information content (AvgIpc) is 2.56. The standard InChI is InChI=1S/C20H19NO/c1-14-10-11-17(18-9-6-12-21-19(18)13-22)15(2)20(14)16-7-4-3-5-8-16/h3-12,22H,13H2,1-2H3. The predicted molar refractivity (Wildman–Crippen MR) is 90.5 cm³/mol. The van der Waals surface area contributed by atoms with Gasteiger partial charge in [-0.3, -0.25) is 4.98 Å². The number of pyridine rings is 1. The maximum atomic E-state index is 9.55. The monoisotopic (exact) mass is 289 g/mol. The number of aliphatic hydroxyl groups excluding tert-OH is 1. The van der Waals surface area contributed by atoms with Gasteiger partial charge in [-0.15, -0.1) is 0 Å². The van der Waals surface area contributed by atoms with Crippen molar-refractivity contribution in [2.45, 2.75) is 20.5 Å². The van der Waals surface area contributed by atoms with E-state index in [1.807, 2.05) is 18.2 Å². The Morgan fingerprint density at radius 1 is 0.864 bits per heavy atom. The Morgan fingerprint density at radius 3 is 2.36 bits per heavy atom. The van der Waals surface area contributed by atoms with Gasteiger partial charge in [-0.1, -0.05) is 48.5 Å². The molecule has 0 aliphatic rings. The predicted octanol–water partition coefficient (Wildman–Crippen LogP) is 4.52. The van der Waals surface area contributed by atoms with Crippen LogP contribution in [0.5, 0.6) is 0 Å². The van der Waals surface area contributed by atoms with E-state index in [1.165, 1.54) is 22.3 Å². The van der Waals surface area contributed by atoms with Crippen LogP contribution in [0.1, 0.15) is 16.8 Å². The number of benzene rings is 2. The Morgan fingerprint density at radius 2 is 1.64 bits per heavy atom. The largest absolute Gasteiger partial charge is 0.390 e. The molecule has 2 nitrogen and oxygen atoms in total. The fourth-order valence-electron chi connectivity index (χ4n) is 3.00. The third-order valence-corrected chi connectivity index (χ3v) is 4.07. The van der Waals surface area contributed by atoms with E-state index in [0.717, 1.165) is 11.1 Å². The third kappa shape index (κ3) is 2.53. The molecule has 110 valence electrons. The highest BCUT2D eigenvalue weighted by Crippen LogP contribution is 2.35. The van der Waals surface area contributed by atoms with Gasteiger partial charge < -0.3 is 5.11 Å². The van der Waals surface area contributed by atoms with E-state index in [-0.39, 0.29) is 6.61 Å². The van der Waals surface area contributed by atoms with E-state index in [9.17, 15) is 5.11 Å². The summed E-state index contributed by atoms with van der Waals surface area (Å²) in [4.78, 5) is 4.29. The normalized spacial score (nSPS) is 10.7. The van der Waals surface area contributed by atoms with Crippen LogP contribution in [0.2, 0.25) is 0 Å². The molecule has 1 heterocycles. The van der Waals surface area contributed by atoms with E-state index in [1.54, 1.807) is 6.20 Å². The SMILES string of the molecule is Cc1ccc(-c2cccnc2CO)c(C)c1-c1ccccc1. The number of hydrogen-bond acceptors (Lipinski definition) is 2. The molecule has 0 amide bonds. The Balaban J connectivity index is 2.24. The van der Waals surface area contributed by atoms with Crippen molar-refractivity contribution in [3.63, 3.8) is 0 Å². The molecule has 0 radical (unpaired) electrons. The number of rotatable bonds is 3. The van der Waals surface area contributed by atoms with Crippen LogP contribution in [0, 0.1) is 13.8 Å². The Bertz CT molecular complexity index is 794. The van der Waals surface area contributed by atoms with Gasteiger partial charge >= 0.3 is 0 Å². The fraction of sp³-hybridized carbons (Fsp3) is 0.150. The van der Waals surface area contributed by atoms with E-state index in [4.69, 9.17) is 0 Å². The lowest BCUT2D eigenvalue weighted by Gasteiger charge is -2.16. The van der Waals surface area contributed by atoms with Crippen LogP contribution >= 0.6 is 0 Å². The van der Waals surface area contributed by atoms with Crippen molar-refractivity contribution >= 4 is 0 Å². The van der Waals surface area contributed by atoms with Gasteiger partial charge in [-0.2, -0.15) is 0 Å². The van der Waals surface area contributed by atoms with Crippen molar-refractivity contribution in [3.05, 3.63) is 77.6 Å². The second kappa shape index (κ2) is 6.12. The molecule has 0 aliphatic heterocycles. The molecule has 2 heteroatoms. The number of nitrogens with zero attached hydrogens (tertiary/aromatic N) is 1. The Hall–Kier alpha value is -2.45. The highest BCUT2D eigenvalue weighted by atomic mass is 16.3. The minimum absolute atomic E-state index is 0.0514. The molecule has 0 spiro atoms. The average molecular weight is 289 g/mol. The molecular formula is C20H19NO. The summed E-state index contributed by atoms with van der Waals surface area (Å²) >= 11 is 0. The number of hydrogen-bond donors (Lipinski definition) is 1. The molecule has 1 N–H and O–H groups in total. The lowest BCUT2D eigenvalue weighted by atomic mass is 9.89. The fourth-order valence-corrected chi connectivity index (χ4v) is 3.00. The van der Waals surface area contributed by atoms with Crippen molar-refractivity contribution < 1.29 is 5.11 Å². The molecule has 1 aromatic heterocycles. The zero-order chi connectivity index (χ0) is 15.5. The molecule has 22 heavy (non-hydrogen) atoms. The van der Waals surface area contributed by atoms with Crippen LogP contribution in [0.4, 0.5) is 0 Å². The summed E-state index contributed by atoms with van der Waals surface area (Å²) in [6, 6.07) is 18.6. The minimum atomic E-state index is -0.0514. The second-order valence-electron chi connectivity index (χ2n) is 5.45. The zero-order valence-electron chi connectivity index (χ0n) is 12.9. The molecule has 2 aromatic carbocycles. The van der Waals surface area contributed by atoms with E-state index in [2.05, 4.69) is 55.2 Å². The molecular weight excluding hydrogens is 270 g/mol. The van der Waals surface area contributed by atoms with Crippen LogP contribution in [0.3, 0.4) is 0 Å². The molecule has 3 aromatic rings. The zero-order valence-corrected chi connectivity index (χ0v) is 12.9. The molecule has 0 aliphatic carbocycles. The smallest absolute Gasteiger partial charge is 0.0859 e. The second-order valence-corrected chi connectivity index (χ2v) is 5.45.